The number of unbranched alkanes of at least 4 members (excludes halogenated alkanes) is 2. The van der Waals surface area contributed by atoms with E-state index in [0.29, 0.717) is 62.8 Å². The topological polar surface area (TPSA) is 103 Å². The van der Waals surface area contributed by atoms with Crippen LogP contribution >= 0.6 is 0 Å². The molecular formula is C23H30N2O6S. The van der Waals surface area contributed by atoms with Gasteiger partial charge in [-0.3, -0.25) is 4.79 Å². The molecule has 1 amide bonds. The molecule has 0 atom stereocenters. The number of benzene rings is 2. The van der Waals surface area contributed by atoms with E-state index < -0.39 is 10.0 Å². The summed E-state index contributed by atoms with van der Waals surface area (Å²) in [6, 6.07) is 11.9. The van der Waals surface area contributed by atoms with Gasteiger partial charge in [0.2, 0.25) is 15.9 Å². The molecule has 0 fully saturated rings. The van der Waals surface area contributed by atoms with Gasteiger partial charge in [0.05, 0.1) is 11.5 Å². The minimum Gasteiger partial charge on any atom is -0.494 e. The van der Waals surface area contributed by atoms with E-state index in [1.165, 1.54) is 12.1 Å². The van der Waals surface area contributed by atoms with E-state index in [-0.39, 0.29) is 10.8 Å². The Morgan fingerprint density at radius 3 is 2.66 bits per heavy atom. The molecule has 1 heterocycles. The number of amides is 1. The summed E-state index contributed by atoms with van der Waals surface area (Å²) in [7, 11) is -3.63. The molecule has 174 valence electrons. The number of rotatable bonds is 12. The lowest BCUT2D eigenvalue weighted by molar-refractivity contribution is -0.116. The fourth-order valence-electron chi connectivity index (χ4n) is 3.18. The number of carbonyl (C=O) groups is 1. The van der Waals surface area contributed by atoms with E-state index in [0.717, 1.165) is 18.6 Å². The van der Waals surface area contributed by atoms with Gasteiger partial charge in [-0.1, -0.05) is 19.4 Å². The maximum Gasteiger partial charge on any atom is 0.240 e. The maximum atomic E-state index is 12.5. The van der Waals surface area contributed by atoms with Crippen LogP contribution in [0.25, 0.3) is 0 Å². The molecule has 0 aromatic heterocycles. The Bertz CT molecular complexity index is 1010. The van der Waals surface area contributed by atoms with Crippen molar-refractivity contribution in [2.75, 3.05) is 31.7 Å². The van der Waals surface area contributed by atoms with Crippen LogP contribution in [0.5, 0.6) is 17.2 Å². The lowest BCUT2D eigenvalue weighted by Crippen LogP contribution is -2.25. The second-order valence-corrected chi connectivity index (χ2v) is 9.21. The fourth-order valence-corrected chi connectivity index (χ4v) is 4.26. The highest BCUT2D eigenvalue weighted by Crippen LogP contribution is 2.32. The average Bonchev–Trinajstić information content (AvgIpc) is 2.80. The van der Waals surface area contributed by atoms with Gasteiger partial charge in [0.1, 0.15) is 19.0 Å². The highest BCUT2D eigenvalue weighted by atomic mass is 32.2. The van der Waals surface area contributed by atoms with Crippen molar-refractivity contribution in [1.82, 2.24) is 4.72 Å². The maximum absolute atomic E-state index is 12.5. The third-order valence-corrected chi connectivity index (χ3v) is 6.25. The molecule has 2 aromatic carbocycles. The number of fused-ring (bicyclic) bond motifs is 1. The molecule has 1 aliphatic rings. The van der Waals surface area contributed by atoms with Crippen LogP contribution in [0.3, 0.4) is 0 Å². The van der Waals surface area contributed by atoms with Crippen LogP contribution in [0.1, 0.15) is 39.0 Å². The zero-order chi connectivity index (χ0) is 22.8. The summed E-state index contributed by atoms with van der Waals surface area (Å²) in [6.07, 6.45) is 3.33. The zero-order valence-corrected chi connectivity index (χ0v) is 19.1. The molecule has 9 heteroatoms. The summed E-state index contributed by atoms with van der Waals surface area (Å²) in [4.78, 5) is 12.3. The number of hydrogen-bond donors (Lipinski definition) is 2. The predicted octanol–water partition coefficient (Wildman–Crippen LogP) is 3.72. The summed E-state index contributed by atoms with van der Waals surface area (Å²) in [5.41, 5.74) is 0.704. The largest absolute Gasteiger partial charge is 0.494 e. The van der Waals surface area contributed by atoms with Gasteiger partial charge in [0, 0.05) is 30.8 Å². The Kier molecular flexibility index (Phi) is 8.75. The van der Waals surface area contributed by atoms with E-state index in [4.69, 9.17) is 14.2 Å². The molecule has 0 spiro atoms. The Labute approximate surface area is 189 Å². The average molecular weight is 463 g/mol. The van der Waals surface area contributed by atoms with Gasteiger partial charge in [-0.15, -0.1) is 0 Å². The van der Waals surface area contributed by atoms with Crippen molar-refractivity contribution in [2.45, 2.75) is 43.9 Å². The first-order valence-corrected chi connectivity index (χ1v) is 12.4. The normalized spacial score (nSPS) is 12.9. The number of carbonyl (C=O) groups excluding carboxylic acids is 1. The molecule has 0 unspecified atom stereocenters. The van der Waals surface area contributed by atoms with E-state index in [9.17, 15) is 13.2 Å². The van der Waals surface area contributed by atoms with Crippen LogP contribution in [0.15, 0.2) is 47.4 Å². The Morgan fingerprint density at radius 2 is 1.84 bits per heavy atom. The van der Waals surface area contributed by atoms with Crippen molar-refractivity contribution in [2.24, 2.45) is 0 Å². The molecule has 1 aliphatic heterocycles. The van der Waals surface area contributed by atoms with Gasteiger partial charge in [0.15, 0.2) is 11.5 Å². The van der Waals surface area contributed by atoms with Crippen molar-refractivity contribution in [3.63, 3.8) is 0 Å². The Hall–Kier alpha value is -2.78. The van der Waals surface area contributed by atoms with Gasteiger partial charge in [0.25, 0.3) is 0 Å². The van der Waals surface area contributed by atoms with E-state index >= 15 is 0 Å². The highest BCUT2D eigenvalue weighted by Gasteiger charge is 2.18. The van der Waals surface area contributed by atoms with E-state index in [2.05, 4.69) is 10.0 Å². The first kappa shape index (κ1) is 23.9. The fraction of sp³-hybridized carbons (Fsp3) is 0.435. The van der Waals surface area contributed by atoms with Crippen LogP contribution in [0.4, 0.5) is 5.69 Å². The molecule has 0 saturated carbocycles. The molecule has 0 bridgehead atoms. The van der Waals surface area contributed by atoms with Crippen LogP contribution in [0, 0.1) is 0 Å². The molecule has 0 saturated heterocycles. The first-order chi connectivity index (χ1) is 15.5. The third kappa shape index (κ3) is 7.13. The van der Waals surface area contributed by atoms with Crippen LogP contribution in [-0.4, -0.2) is 40.7 Å². The minimum atomic E-state index is -3.63. The SMILES string of the molecule is CCCOc1cccc(NC(=O)CCCCCNS(=O)(=O)c2ccc3c(c2)OCCO3)c1. The second-order valence-electron chi connectivity index (χ2n) is 7.44. The molecule has 2 aromatic rings. The molecular weight excluding hydrogens is 432 g/mol. The third-order valence-electron chi connectivity index (χ3n) is 4.79. The van der Waals surface area contributed by atoms with Crippen molar-refractivity contribution < 1.29 is 27.4 Å². The van der Waals surface area contributed by atoms with Crippen LogP contribution in [0.2, 0.25) is 0 Å². The number of anilines is 1. The van der Waals surface area contributed by atoms with Crippen LogP contribution < -0.4 is 24.2 Å². The summed E-state index contributed by atoms with van der Waals surface area (Å²) in [6.45, 7) is 3.82. The van der Waals surface area contributed by atoms with Gasteiger partial charge in [-0.25, -0.2) is 13.1 Å². The molecule has 2 N–H and O–H groups in total. The zero-order valence-electron chi connectivity index (χ0n) is 18.3. The molecule has 0 aliphatic carbocycles. The van der Waals surface area contributed by atoms with Crippen molar-refractivity contribution in [3.8, 4) is 17.2 Å². The Morgan fingerprint density at radius 1 is 1.03 bits per heavy atom. The van der Waals surface area contributed by atoms with Crippen LogP contribution in [-0.2, 0) is 14.8 Å². The molecule has 32 heavy (non-hydrogen) atoms. The summed E-state index contributed by atoms with van der Waals surface area (Å²) < 4.78 is 44.0. The molecule has 0 radical (unpaired) electrons. The van der Waals surface area contributed by atoms with Gasteiger partial charge >= 0.3 is 0 Å². The monoisotopic (exact) mass is 462 g/mol. The predicted molar refractivity (Wildman–Crippen MR) is 122 cm³/mol. The minimum absolute atomic E-state index is 0.0745. The van der Waals surface area contributed by atoms with Gasteiger partial charge < -0.3 is 19.5 Å². The number of hydrogen-bond acceptors (Lipinski definition) is 6. The van der Waals surface area contributed by atoms with Gasteiger partial charge in [-0.05, 0) is 43.5 Å². The smallest absolute Gasteiger partial charge is 0.240 e. The lowest BCUT2D eigenvalue weighted by atomic mass is 10.2. The Balaban J connectivity index is 1.35. The number of nitrogens with one attached hydrogen (secondary N) is 2. The standard InChI is InChI=1S/C23H30N2O6S/c1-2-13-29-19-8-6-7-18(16-19)25-23(26)9-4-3-5-12-24-32(27,28)20-10-11-21-22(17-20)31-15-14-30-21/h6-8,10-11,16-17,24H,2-5,9,12-15H2,1H3,(H,25,26). The quantitative estimate of drug-likeness (QED) is 0.466. The van der Waals surface area contributed by atoms with E-state index in [1.807, 2.05) is 25.1 Å². The number of ether oxygens (including phenoxy) is 3. The lowest BCUT2D eigenvalue weighted by Gasteiger charge is -2.18. The van der Waals surface area contributed by atoms with Gasteiger partial charge in [-0.2, -0.15) is 0 Å². The van der Waals surface area contributed by atoms with Crippen molar-refractivity contribution in [1.29, 1.82) is 0 Å². The second kappa shape index (κ2) is 11.7. The summed E-state index contributed by atoms with van der Waals surface area (Å²) >= 11 is 0. The first-order valence-electron chi connectivity index (χ1n) is 10.9. The molecule has 3 rings (SSSR count). The van der Waals surface area contributed by atoms with E-state index in [1.54, 1.807) is 12.1 Å². The van der Waals surface area contributed by atoms with Crippen molar-refractivity contribution in [3.05, 3.63) is 42.5 Å². The number of sulfonamides is 1. The van der Waals surface area contributed by atoms with Crippen molar-refractivity contribution >= 4 is 21.6 Å². The summed E-state index contributed by atoms with van der Waals surface area (Å²) in [5.74, 6) is 1.64. The highest BCUT2D eigenvalue weighted by molar-refractivity contribution is 7.89. The summed E-state index contributed by atoms with van der Waals surface area (Å²) in [5, 5.41) is 2.87. The molecule has 8 nitrogen and oxygen atoms in total.